The zero-order valence-corrected chi connectivity index (χ0v) is 35.4. The highest BCUT2D eigenvalue weighted by Gasteiger charge is 2.32. The van der Waals surface area contributed by atoms with Gasteiger partial charge in [-0.2, -0.15) is 14.6 Å². The van der Waals surface area contributed by atoms with Crippen LogP contribution in [0, 0.1) is 11.7 Å². The van der Waals surface area contributed by atoms with Crippen molar-refractivity contribution in [1.29, 1.82) is 0 Å². The first-order valence-electron chi connectivity index (χ1n) is 20.5. The number of anilines is 2. The Morgan fingerprint density at radius 3 is 2.53 bits per heavy atom. The van der Waals surface area contributed by atoms with Gasteiger partial charge in [0.2, 0.25) is 33.2 Å². The molecule has 1 saturated heterocycles. The lowest BCUT2D eigenvalue weighted by Crippen LogP contribution is -2.52. The second-order valence-corrected chi connectivity index (χ2v) is 17.8. The predicted octanol–water partition coefficient (Wildman–Crippen LogP) is 6.32. The molecule has 1 aliphatic heterocycles. The van der Waals surface area contributed by atoms with Crippen LogP contribution in [0.15, 0.2) is 95.2 Å². The quantitative estimate of drug-likeness (QED) is 0.0973. The normalized spacial score (nSPS) is 18.3. The van der Waals surface area contributed by atoms with E-state index in [0.717, 1.165) is 30.0 Å². The number of amides is 3. The highest BCUT2D eigenvalue weighted by atomic mass is 32.2. The molecule has 0 spiro atoms. The molecule has 322 valence electrons. The number of sulfone groups is 1. The number of aromatic nitrogens is 6. The predicted molar refractivity (Wildman–Crippen MR) is 225 cm³/mol. The molecule has 1 saturated carbocycles. The van der Waals surface area contributed by atoms with Crippen LogP contribution in [-0.2, 0) is 30.6 Å². The van der Waals surface area contributed by atoms with E-state index in [0.29, 0.717) is 53.1 Å². The molecule has 1 unspecified atom stereocenters. The maximum Gasteiger partial charge on any atom is 0.251 e. The van der Waals surface area contributed by atoms with Crippen molar-refractivity contribution in [1.82, 2.24) is 40.0 Å². The van der Waals surface area contributed by atoms with Crippen molar-refractivity contribution in [3.05, 3.63) is 108 Å². The summed E-state index contributed by atoms with van der Waals surface area (Å²) in [5.74, 6) is -1.00. The van der Waals surface area contributed by atoms with E-state index in [1.807, 2.05) is 45.9 Å². The number of hydrogen-bond acceptors (Lipinski definition) is 12. The average molecular weight is 864 g/mol. The van der Waals surface area contributed by atoms with Gasteiger partial charge in [0.25, 0.3) is 5.91 Å². The number of ether oxygens (including phenoxy) is 2. The summed E-state index contributed by atoms with van der Waals surface area (Å²) in [5, 5.41) is 16.6. The van der Waals surface area contributed by atoms with Gasteiger partial charge in [0.05, 0.1) is 27.8 Å². The summed E-state index contributed by atoms with van der Waals surface area (Å²) < 4.78 is 58.1. The van der Waals surface area contributed by atoms with Crippen molar-refractivity contribution in [3.63, 3.8) is 0 Å². The van der Waals surface area contributed by atoms with Gasteiger partial charge in [0.1, 0.15) is 30.1 Å². The van der Waals surface area contributed by atoms with Crippen molar-refractivity contribution >= 4 is 44.8 Å². The van der Waals surface area contributed by atoms with Gasteiger partial charge in [-0.05, 0) is 119 Å². The molecular formula is C44H46FN9O7S. The number of benzene rings is 3. The molecule has 3 aromatic heterocycles. The molecule has 18 heteroatoms. The van der Waals surface area contributed by atoms with Crippen molar-refractivity contribution in [3.8, 4) is 17.0 Å². The minimum Gasteiger partial charge on any atom is -0.485 e. The molecule has 3 N–H and O–H groups in total. The Balaban J connectivity index is 0.904. The maximum absolute atomic E-state index is 15.7. The highest BCUT2D eigenvalue weighted by Crippen LogP contribution is 2.43. The number of carbonyl (C=O) groups excluding carboxylic acids is 3. The summed E-state index contributed by atoms with van der Waals surface area (Å²) in [6.45, 7) is 8.06. The lowest BCUT2D eigenvalue weighted by Gasteiger charge is -2.36. The van der Waals surface area contributed by atoms with Crippen LogP contribution < -0.4 is 20.7 Å². The summed E-state index contributed by atoms with van der Waals surface area (Å²) in [7, 11) is -4.07. The van der Waals surface area contributed by atoms with Crippen LogP contribution in [0.1, 0.15) is 87.0 Å². The topological polar surface area (TPSA) is 201 Å². The Kier molecular flexibility index (Phi) is 11.9. The second kappa shape index (κ2) is 17.4. The Morgan fingerprint density at radius 1 is 1.03 bits per heavy atom. The van der Waals surface area contributed by atoms with E-state index >= 15 is 4.39 Å². The maximum atomic E-state index is 15.7. The number of halogens is 1. The van der Waals surface area contributed by atoms with Crippen LogP contribution >= 0.6 is 0 Å². The molecule has 1 aliphatic carbocycles. The molecule has 3 amide bonds. The van der Waals surface area contributed by atoms with E-state index in [1.54, 1.807) is 41.3 Å². The van der Waals surface area contributed by atoms with Crippen LogP contribution in [-0.4, -0.2) is 74.3 Å². The van der Waals surface area contributed by atoms with E-state index < -0.39 is 27.6 Å². The number of hydrogen-bond donors (Lipinski definition) is 3. The number of carbonyl (C=O) groups is 3. The fourth-order valence-electron chi connectivity index (χ4n) is 7.76. The van der Waals surface area contributed by atoms with Gasteiger partial charge in [-0.15, -0.1) is 5.10 Å². The Bertz CT molecular complexity index is 2770. The van der Waals surface area contributed by atoms with Crippen molar-refractivity contribution in [2.45, 2.75) is 93.9 Å². The number of piperidine rings is 1. The first-order chi connectivity index (χ1) is 29.7. The first kappa shape index (κ1) is 42.2. The van der Waals surface area contributed by atoms with Gasteiger partial charge in [0, 0.05) is 30.4 Å². The van der Waals surface area contributed by atoms with Crippen LogP contribution in [0.4, 0.5) is 16.0 Å². The molecule has 2 atom stereocenters. The molecule has 2 aliphatic rings. The third-order valence-electron chi connectivity index (χ3n) is 11.0. The molecule has 3 aromatic carbocycles. The van der Waals surface area contributed by atoms with E-state index in [2.05, 4.69) is 36.1 Å². The third-order valence-corrected chi connectivity index (χ3v) is 12.8. The van der Waals surface area contributed by atoms with Crippen molar-refractivity contribution in [2.24, 2.45) is 5.92 Å². The Labute approximate surface area is 357 Å². The minimum absolute atomic E-state index is 0.0241. The lowest BCUT2D eigenvalue weighted by atomic mass is 9.69. The van der Waals surface area contributed by atoms with E-state index in [1.165, 1.54) is 29.0 Å². The Morgan fingerprint density at radius 2 is 1.81 bits per heavy atom. The molecule has 16 nitrogen and oxygen atoms in total. The molecule has 0 radical (unpaired) electrons. The third kappa shape index (κ3) is 8.92. The van der Waals surface area contributed by atoms with Crippen LogP contribution in [0.2, 0.25) is 0 Å². The van der Waals surface area contributed by atoms with Gasteiger partial charge in [0.15, 0.2) is 5.75 Å². The van der Waals surface area contributed by atoms with Crippen LogP contribution in [0.25, 0.3) is 16.9 Å². The van der Waals surface area contributed by atoms with Crippen LogP contribution in [0.3, 0.4) is 0 Å². The van der Waals surface area contributed by atoms with Gasteiger partial charge in [-0.25, -0.2) is 22.5 Å². The minimum atomic E-state index is -4.07. The molecule has 8 rings (SSSR count). The zero-order valence-electron chi connectivity index (χ0n) is 34.5. The number of nitrogens with one attached hydrogen (secondary N) is 3. The van der Waals surface area contributed by atoms with Crippen molar-refractivity contribution in [2.75, 3.05) is 11.9 Å². The fraction of sp³-hybridized carbons (Fsp3) is 0.341. The molecule has 0 bridgehead atoms. The SMILES string of the molecule is CCOC(C)n1cc(-c2ncn3nc(Nc4ccc(S(=O)(=O)c5cccc(CC6CC(c7ccc(C(=O)N[C@@H]8CCC(=O)NC8=O)cc7)C6)c5)cc4F)nc3c2OC(C)C)cn1. The number of fused-ring (bicyclic) bond motifs is 1. The van der Waals surface area contributed by atoms with Gasteiger partial charge >= 0.3 is 0 Å². The van der Waals surface area contributed by atoms with Crippen LogP contribution in [0.5, 0.6) is 5.75 Å². The lowest BCUT2D eigenvalue weighted by molar-refractivity contribution is -0.134. The Hall–Kier alpha value is -6.53. The molecular weight excluding hydrogens is 818 g/mol. The molecule has 4 heterocycles. The molecule has 62 heavy (non-hydrogen) atoms. The number of imide groups is 1. The van der Waals surface area contributed by atoms with E-state index in [-0.39, 0.29) is 58.4 Å². The monoisotopic (exact) mass is 863 g/mol. The largest absolute Gasteiger partial charge is 0.485 e. The first-order valence-corrected chi connectivity index (χ1v) is 22.0. The molecule has 6 aromatic rings. The second-order valence-electron chi connectivity index (χ2n) is 15.8. The van der Waals surface area contributed by atoms with E-state index in [9.17, 15) is 22.8 Å². The standard InChI is InChI=1S/C44H46FN9O7S/c1-5-60-26(4)53-23-32(22-47-53)39-40(61-25(2)3)41-51-44(52-54(41)24-46-39)49-36-14-13-34(21-35(36)45)62(58,59)33-8-6-7-27(20-33)17-28-18-31(19-28)29-9-11-30(12-10-29)42(56)48-37-15-16-38(55)50-43(37)57/h6-14,20-26,28,31,37H,5,15-19H2,1-4H3,(H,48,56)(H,49,52)(H,50,55,57)/t26?,28?,31?,37-/m1/s1. The summed E-state index contributed by atoms with van der Waals surface area (Å²) in [5.41, 5.74) is 3.85. The summed E-state index contributed by atoms with van der Waals surface area (Å²) >= 11 is 0. The smallest absolute Gasteiger partial charge is 0.251 e. The number of nitrogens with zero attached hydrogens (tertiary/aromatic N) is 6. The molecule has 2 fully saturated rings. The van der Waals surface area contributed by atoms with Crippen molar-refractivity contribution < 1.29 is 36.7 Å². The summed E-state index contributed by atoms with van der Waals surface area (Å²) in [6, 6.07) is 17.0. The zero-order chi connectivity index (χ0) is 43.7. The van der Waals surface area contributed by atoms with Gasteiger partial charge in [-0.1, -0.05) is 24.3 Å². The van der Waals surface area contributed by atoms with Gasteiger partial charge < -0.3 is 20.1 Å². The number of rotatable bonds is 15. The average Bonchev–Trinajstić information content (AvgIpc) is 3.89. The summed E-state index contributed by atoms with van der Waals surface area (Å²) in [4.78, 5) is 45.2. The summed E-state index contributed by atoms with van der Waals surface area (Å²) in [6.07, 6.45) is 7.31. The highest BCUT2D eigenvalue weighted by molar-refractivity contribution is 7.91. The van der Waals surface area contributed by atoms with Gasteiger partial charge in [-0.3, -0.25) is 19.7 Å². The fourth-order valence-corrected chi connectivity index (χ4v) is 9.11. The van der Waals surface area contributed by atoms with E-state index in [4.69, 9.17) is 9.47 Å².